The van der Waals surface area contributed by atoms with Crippen molar-refractivity contribution < 1.29 is 9.53 Å². The molecule has 0 bridgehead atoms. The number of nitrogens with two attached hydrogens (primary N) is 1. The number of rotatable bonds is 5. The number of carbonyl (C=O) groups is 1. The molecule has 1 heterocycles. The van der Waals surface area contributed by atoms with E-state index < -0.39 is 0 Å². The molecule has 0 fully saturated rings. The van der Waals surface area contributed by atoms with Gasteiger partial charge in [0.15, 0.2) is 0 Å². The van der Waals surface area contributed by atoms with Crippen molar-refractivity contribution in [1.82, 2.24) is 4.98 Å². The molecule has 20 heavy (non-hydrogen) atoms. The Morgan fingerprint density at radius 3 is 2.80 bits per heavy atom. The van der Waals surface area contributed by atoms with E-state index >= 15 is 0 Å². The Morgan fingerprint density at radius 1 is 1.35 bits per heavy atom. The highest BCUT2D eigenvalue weighted by atomic mass is 16.5. The third kappa shape index (κ3) is 3.98. The molecule has 0 aliphatic carbocycles. The molecule has 2 aromatic rings. The van der Waals surface area contributed by atoms with Crippen molar-refractivity contribution in [2.75, 3.05) is 17.7 Å². The van der Waals surface area contributed by atoms with Gasteiger partial charge in [-0.2, -0.15) is 0 Å². The normalized spacial score (nSPS) is 10.1. The molecule has 1 amide bonds. The number of hydrogen-bond donors (Lipinski definition) is 2. The first-order valence-corrected chi connectivity index (χ1v) is 6.35. The summed E-state index contributed by atoms with van der Waals surface area (Å²) in [6.45, 7) is 2.19. The van der Waals surface area contributed by atoms with Gasteiger partial charge < -0.3 is 15.8 Å². The summed E-state index contributed by atoms with van der Waals surface area (Å²) in [4.78, 5) is 15.8. The summed E-state index contributed by atoms with van der Waals surface area (Å²) < 4.78 is 5.46. The summed E-state index contributed by atoms with van der Waals surface area (Å²) in [5, 5.41) is 2.71. The molecule has 0 unspecified atom stereocenters. The lowest BCUT2D eigenvalue weighted by Crippen LogP contribution is -2.16. The number of aromatic nitrogens is 1. The van der Waals surface area contributed by atoms with Gasteiger partial charge in [0.05, 0.1) is 24.9 Å². The highest BCUT2D eigenvalue weighted by Gasteiger charge is 2.05. The molecule has 0 aliphatic heterocycles. The lowest BCUT2D eigenvalue weighted by atomic mass is 10.2. The zero-order valence-corrected chi connectivity index (χ0v) is 11.3. The lowest BCUT2D eigenvalue weighted by molar-refractivity contribution is -0.116. The van der Waals surface area contributed by atoms with Crippen LogP contribution in [0.5, 0.6) is 5.75 Å². The number of hydrogen-bond acceptors (Lipinski definition) is 4. The molecule has 0 aliphatic rings. The van der Waals surface area contributed by atoms with Crippen LogP contribution in [-0.4, -0.2) is 17.5 Å². The predicted molar refractivity (Wildman–Crippen MR) is 78.6 cm³/mol. The Morgan fingerprint density at radius 2 is 2.10 bits per heavy atom. The van der Waals surface area contributed by atoms with Gasteiger partial charge in [-0.05, 0) is 30.7 Å². The summed E-state index contributed by atoms with van der Waals surface area (Å²) in [6, 6.07) is 11.1. The maximum atomic E-state index is 11.7. The Bertz CT molecular complexity index is 585. The molecule has 104 valence electrons. The van der Waals surface area contributed by atoms with Crippen LogP contribution in [-0.2, 0) is 4.79 Å². The van der Waals surface area contributed by atoms with Crippen molar-refractivity contribution >= 4 is 17.4 Å². The lowest BCUT2D eigenvalue weighted by Gasteiger charge is -2.08. The van der Waals surface area contributed by atoms with Gasteiger partial charge in [0.25, 0.3) is 0 Å². The van der Waals surface area contributed by atoms with Gasteiger partial charge >= 0.3 is 0 Å². The molecule has 0 saturated carbocycles. The van der Waals surface area contributed by atoms with Crippen molar-refractivity contribution in [3.63, 3.8) is 0 Å². The third-order valence-corrected chi connectivity index (χ3v) is 2.76. The summed E-state index contributed by atoms with van der Waals surface area (Å²) in [5.74, 6) is 1.11. The van der Waals surface area contributed by atoms with Crippen LogP contribution in [0.4, 0.5) is 11.5 Å². The molecule has 5 nitrogen and oxygen atoms in total. The predicted octanol–water partition coefficient (Wildman–Crippen LogP) is 2.38. The maximum absolute atomic E-state index is 11.7. The zero-order valence-electron chi connectivity index (χ0n) is 11.3. The van der Waals surface area contributed by atoms with E-state index in [1.165, 1.54) is 6.20 Å². The van der Waals surface area contributed by atoms with E-state index in [1.807, 2.05) is 37.3 Å². The number of nitrogens with zero attached hydrogens (tertiary/aromatic N) is 1. The van der Waals surface area contributed by atoms with E-state index in [0.717, 1.165) is 11.3 Å². The van der Waals surface area contributed by atoms with Crippen LogP contribution in [0.15, 0.2) is 42.6 Å². The van der Waals surface area contributed by atoms with Crippen molar-refractivity contribution in [3.05, 3.63) is 48.2 Å². The van der Waals surface area contributed by atoms with Gasteiger partial charge in [-0.15, -0.1) is 0 Å². The monoisotopic (exact) mass is 271 g/mol. The number of pyridine rings is 1. The van der Waals surface area contributed by atoms with Crippen LogP contribution in [0.1, 0.15) is 12.0 Å². The summed E-state index contributed by atoms with van der Waals surface area (Å²) >= 11 is 0. The molecule has 0 atom stereocenters. The minimum atomic E-state index is -0.141. The largest absolute Gasteiger partial charge is 0.493 e. The minimum Gasteiger partial charge on any atom is -0.493 e. The highest BCUT2D eigenvalue weighted by molar-refractivity contribution is 5.90. The number of anilines is 2. The molecular weight excluding hydrogens is 254 g/mol. The molecular formula is C15H17N3O2. The maximum Gasteiger partial charge on any atom is 0.228 e. The molecule has 0 radical (unpaired) electrons. The molecule has 5 heteroatoms. The summed E-state index contributed by atoms with van der Waals surface area (Å²) in [6.07, 6.45) is 1.80. The first kappa shape index (κ1) is 13.9. The summed E-state index contributed by atoms with van der Waals surface area (Å²) in [7, 11) is 0. The van der Waals surface area contributed by atoms with Gasteiger partial charge in [-0.25, -0.2) is 4.98 Å². The minimum absolute atomic E-state index is 0.141. The Hall–Kier alpha value is -2.56. The summed E-state index contributed by atoms with van der Waals surface area (Å²) in [5.41, 5.74) is 7.16. The molecule has 3 N–H and O–H groups in total. The van der Waals surface area contributed by atoms with Crippen LogP contribution in [0.2, 0.25) is 0 Å². The van der Waals surface area contributed by atoms with E-state index in [4.69, 9.17) is 10.5 Å². The zero-order chi connectivity index (χ0) is 14.4. The van der Waals surface area contributed by atoms with E-state index in [9.17, 15) is 4.79 Å². The topological polar surface area (TPSA) is 77.2 Å². The number of nitrogens with one attached hydrogen (secondary N) is 1. The highest BCUT2D eigenvalue weighted by Crippen LogP contribution is 2.13. The SMILES string of the molecule is Cc1cc(NC(=O)CCOc2ccccc2)ncc1N. The van der Waals surface area contributed by atoms with Crippen LogP contribution in [0.3, 0.4) is 0 Å². The van der Waals surface area contributed by atoms with E-state index in [0.29, 0.717) is 18.1 Å². The first-order valence-electron chi connectivity index (χ1n) is 6.35. The first-order chi connectivity index (χ1) is 9.65. The number of benzene rings is 1. The van der Waals surface area contributed by atoms with E-state index in [-0.39, 0.29) is 12.3 Å². The second kappa shape index (κ2) is 6.56. The number of aryl methyl sites for hydroxylation is 1. The number of amides is 1. The van der Waals surface area contributed by atoms with E-state index in [2.05, 4.69) is 10.3 Å². The fourth-order valence-electron chi connectivity index (χ4n) is 1.62. The molecule has 2 rings (SSSR count). The Balaban J connectivity index is 1.79. The quantitative estimate of drug-likeness (QED) is 0.875. The third-order valence-electron chi connectivity index (χ3n) is 2.76. The smallest absolute Gasteiger partial charge is 0.228 e. The average Bonchev–Trinajstić information content (AvgIpc) is 2.44. The second-order valence-corrected chi connectivity index (χ2v) is 4.39. The van der Waals surface area contributed by atoms with Crippen molar-refractivity contribution in [2.45, 2.75) is 13.3 Å². The van der Waals surface area contributed by atoms with Crippen molar-refractivity contribution in [3.8, 4) is 5.75 Å². The molecule has 0 saturated heterocycles. The fraction of sp³-hybridized carbons (Fsp3) is 0.200. The fourth-order valence-corrected chi connectivity index (χ4v) is 1.62. The van der Waals surface area contributed by atoms with Gasteiger partial charge in [0.1, 0.15) is 11.6 Å². The number of nitrogen functional groups attached to an aromatic ring is 1. The second-order valence-electron chi connectivity index (χ2n) is 4.39. The molecule has 1 aromatic heterocycles. The number of ether oxygens (including phenoxy) is 1. The standard InChI is InChI=1S/C15H17N3O2/c1-11-9-14(17-10-13(11)16)18-15(19)7-8-20-12-5-3-2-4-6-12/h2-6,9-10H,7-8,16H2,1H3,(H,17,18,19). The molecule has 0 spiro atoms. The van der Waals surface area contributed by atoms with Crippen LogP contribution >= 0.6 is 0 Å². The van der Waals surface area contributed by atoms with E-state index in [1.54, 1.807) is 6.07 Å². The van der Waals surface area contributed by atoms with Crippen molar-refractivity contribution in [2.24, 2.45) is 0 Å². The molecule has 1 aromatic carbocycles. The van der Waals surface area contributed by atoms with Gasteiger partial charge in [0.2, 0.25) is 5.91 Å². The van der Waals surface area contributed by atoms with Crippen LogP contribution in [0.25, 0.3) is 0 Å². The number of para-hydroxylation sites is 1. The van der Waals surface area contributed by atoms with Gasteiger partial charge in [-0.1, -0.05) is 18.2 Å². The Kier molecular flexibility index (Phi) is 4.55. The van der Waals surface area contributed by atoms with Crippen LogP contribution in [0, 0.1) is 6.92 Å². The van der Waals surface area contributed by atoms with Crippen LogP contribution < -0.4 is 15.8 Å². The number of carbonyl (C=O) groups excluding carboxylic acids is 1. The van der Waals surface area contributed by atoms with Gasteiger partial charge in [-0.3, -0.25) is 4.79 Å². The Labute approximate surface area is 117 Å². The van der Waals surface area contributed by atoms with Crippen molar-refractivity contribution in [1.29, 1.82) is 0 Å². The average molecular weight is 271 g/mol. The van der Waals surface area contributed by atoms with Gasteiger partial charge in [0, 0.05) is 0 Å².